The van der Waals surface area contributed by atoms with E-state index in [2.05, 4.69) is 5.32 Å². The topological polar surface area (TPSA) is 171 Å². The number of carbonyl (C=O) groups is 6. The molecule has 0 aromatic rings. The van der Waals surface area contributed by atoms with Crippen molar-refractivity contribution in [2.75, 3.05) is 0 Å². The van der Waals surface area contributed by atoms with E-state index in [1.54, 1.807) is 5.32 Å². The lowest BCUT2D eigenvalue weighted by Gasteiger charge is -2.23. The Morgan fingerprint density at radius 1 is 1.10 bits per heavy atom. The highest BCUT2D eigenvalue weighted by Gasteiger charge is 2.54. The Balaban J connectivity index is 2.21. The standard InChI is InChI=1S/C10H10N4O7/c15-4(1-3-6(18)12-8(20)11-3)10(2-5(16)17)7(19)13-9(21)14-10/h3H,1-2H2,(H,16,17)(H2,11,12,18,20)(H2,13,14,19,21). The number of carboxylic acids is 1. The van der Waals surface area contributed by atoms with E-state index in [0.29, 0.717) is 0 Å². The first-order chi connectivity index (χ1) is 9.74. The Labute approximate surface area is 116 Å². The van der Waals surface area contributed by atoms with Crippen LogP contribution in [-0.2, 0) is 19.2 Å². The number of carboxylic acid groups (broad SMARTS) is 1. The molecule has 2 unspecified atom stereocenters. The molecular weight excluding hydrogens is 288 g/mol. The molecule has 2 saturated heterocycles. The number of aliphatic carboxylic acids is 1. The summed E-state index contributed by atoms with van der Waals surface area (Å²) in [6.45, 7) is 0. The molecule has 2 atom stereocenters. The third-order valence-electron chi connectivity index (χ3n) is 3.08. The second kappa shape index (κ2) is 4.85. The SMILES string of the molecule is O=C(O)CC1(C(=O)CC2NC(=O)NC2=O)NC(=O)NC1=O. The van der Waals surface area contributed by atoms with Crippen LogP contribution in [0.1, 0.15) is 12.8 Å². The van der Waals surface area contributed by atoms with E-state index >= 15 is 0 Å². The number of ketones is 1. The first-order valence-corrected chi connectivity index (χ1v) is 5.74. The van der Waals surface area contributed by atoms with Gasteiger partial charge in [-0.1, -0.05) is 0 Å². The largest absolute Gasteiger partial charge is 0.481 e. The summed E-state index contributed by atoms with van der Waals surface area (Å²) in [5.74, 6) is -4.36. The van der Waals surface area contributed by atoms with Gasteiger partial charge in [-0.05, 0) is 0 Å². The normalized spacial score (nSPS) is 27.7. The average Bonchev–Trinajstić information content (AvgIpc) is 2.79. The first kappa shape index (κ1) is 14.4. The van der Waals surface area contributed by atoms with Gasteiger partial charge in [-0.2, -0.15) is 0 Å². The van der Waals surface area contributed by atoms with Crippen molar-refractivity contribution >= 4 is 35.6 Å². The van der Waals surface area contributed by atoms with Gasteiger partial charge in [0.15, 0.2) is 11.3 Å². The van der Waals surface area contributed by atoms with Crippen molar-refractivity contribution in [1.82, 2.24) is 21.3 Å². The zero-order valence-electron chi connectivity index (χ0n) is 10.4. The van der Waals surface area contributed by atoms with Crippen molar-refractivity contribution in [3.05, 3.63) is 0 Å². The highest BCUT2D eigenvalue weighted by Crippen LogP contribution is 2.20. The van der Waals surface area contributed by atoms with Crippen molar-refractivity contribution < 1.29 is 33.9 Å². The fourth-order valence-corrected chi connectivity index (χ4v) is 2.10. The number of hydrogen-bond donors (Lipinski definition) is 5. The number of rotatable bonds is 5. The third-order valence-corrected chi connectivity index (χ3v) is 3.08. The van der Waals surface area contributed by atoms with Crippen molar-refractivity contribution in [3.63, 3.8) is 0 Å². The van der Waals surface area contributed by atoms with Crippen LogP contribution in [0.4, 0.5) is 9.59 Å². The summed E-state index contributed by atoms with van der Waals surface area (Å²) in [5.41, 5.74) is -2.28. The van der Waals surface area contributed by atoms with Crippen molar-refractivity contribution in [2.24, 2.45) is 0 Å². The van der Waals surface area contributed by atoms with Gasteiger partial charge in [0.1, 0.15) is 6.04 Å². The summed E-state index contributed by atoms with van der Waals surface area (Å²) < 4.78 is 0. The van der Waals surface area contributed by atoms with E-state index < -0.39 is 60.1 Å². The highest BCUT2D eigenvalue weighted by atomic mass is 16.4. The molecule has 2 heterocycles. The predicted octanol–water partition coefficient (Wildman–Crippen LogP) is -2.79. The van der Waals surface area contributed by atoms with Crippen LogP contribution in [0.25, 0.3) is 0 Å². The summed E-state index contributed by atoms with van der Waals surface area (Å²) >= 11 is 0. The van der Waals surface area contributed by atoms with Gasteiger partial charge in [0.25, 0.3) is 11.8 Å². The van der Waals surface area contributed by atoms with Crippen LogP contribution in [-0.4, -0.2) is 52.3 Å². The fraction of sp³-hybridized carbons (Fsp3) is 0.400. The minimum Gasteiger partial charge on any atom is -0.481 e. The number of nitrogens with one attached hydrogen (secondary N) is 4. The van der Waals surface area contributed by atoms with Crippen LogP contribution < -0.4 is 21.3 Å². The Bertz CT molecular complexity index is 586. The van der Waals surface area contributed by atoms with Crippen LogP contribution in [0.15, 0.2) is 0 Å². The molecule has 0 bridgehead atoms. The summed E-state index contributed by atoms with van der Waals surface area (Å²) in [6.07, 6.45) is -1.59. The van der Waals surface area contributed by atoms with E-state index in [4.69, 9.17) is 5.11 Å². The lowest BCUT2D eigenvalue weighted by atomic mass is 9.86. The maximum Gasteiger partial charge on any atom is 0.322 e. The maximum absolute atomic E-state index is 12.2. The number of amides is 6. The Morgan fingerprint density at radius 2 is 1.76 bits per heavy atom. The molecule has 2 aliphatic heterocycles. The number of hydrogen-bond acceptors (Lipinski definition) is 6. The van der Waals surface area contributed by atoms with Crippen LogP contribution in [0, 0.1) is 0 Å². The van der Waals surface area contributed by atoms with E-state index in [9.17, 15) is 28.8 Å². The van der Waals surface area contributed by atoms with Crippen LogP contribution >= 0.6 is 0 Å². The van der Waals surface area contributed by atoms with Gasteiger partial charge >= 0.3 is 18.0 Å². The summed E-state index contributed by atoms with van der Waals surface area (Å²) in [5, 5.41) is 16.6. The molecular formula is C10H10N4O7. The lowest BCUT2D eigenvalue weighted by molar-refractivity contribution is -0.146. The van der Waals surface area contributed by atoms with E-state index in [1.807, 2.05) is 10.6 Å². The number of urea groups is 2. The molecule has 0 spiro atoms. The molecule has 2 fully saturated rings. The maximum atomic E-state index is 12.2. The Kier molecular flexibility index (Phi) is 3.33. The minimum absolute atomic E-state index is 0.626. The lowest BCUT2D eigenvalue weighted by Crippen LogP contribution is -2.56. The predicted molar refractivity (Wildman–Crippen MR) is 61.7 cm³/mol. The molecule has 0 radical (unpaired) electrons. The molecule has 0 aromatic heterocycles. The molecule has 6 amide bonds. The zero-order chi connectivity index (χ0) is 15.8. The number of Topliss-reactive ketones (excluding diaryl/α,β-unsaturated/α-hetero) is 1. The van der Waals surface area contributed by atoms with Gasteiger partial charge < -0.3 is 15.7 Å². The molecule has 21 heavy (non-hydrogen) atoms. The molecule has 0 saturated carbocycles. The molecule has 0 aliphatic carbocycles. The molecule has 11 heteroatoms. The van der Waals surface area contributed by atoms with E-state index in [0.717, 1.165) is 0 Å². The quantitative estimate of drug-likeness (QED) is 0.269. The van der Waals surface area contributed by atoms with Crippen LogP contribution in [0.5, 0.6) is 0 Å². The summed E-state index contributed by atoms with van der Waals surface area (Å²) in [6, 6.07) is -3.03. The first-order valence-electron chi connectivity index (χ1n) is 5.74. The van der Waals surface area contributed by atoms with E-state index in [1.165, 1.54) is 0 Å². The molecule has 5 N–H and O–H groups in total. The van der Waals surface area contributed by atoms with Gasteiger partial charge in [0, 0.05) is 6.42 Å². The Hall–Kier alpha value is -2.98. The zero-order valence-corrected chi connectivity index (χ0v) is 10.4. The number of carbonyl (C=O) groups excluding carboxylic acids is 5. The van der Waals surface area contributed by atoms with Gasteiger partial charge in [-0.15, -0.1) is 0 Å². The van der Waals surface area contributed by atoms with Crippen LogP contribution in [0.3, 0.4) is 0 Å². The smallest absolute Gasteiger partial charge is 0.322 e. The molecule has 112 valence electrons. The molecule has 2 rings (SSSR count). The molecule has 2 aliphatic rings. The van der Waals surface area contributed by atoms with Gasteiger partial charge in [-0.25, -0.2) is 9.59 Å². The second-order valence-corrected chi connectivity index (χ2v) is 4.53. The summed E-state index contributed by atoms with van der Waals surface area (Å²) in [7, 11) is 0. The van der Waals surface area contributed by atoms with Crippen molar-refractivity contribution in [3.8, 4) is 0 Å². The third kappa shape index (κ3) is 2.52. The van der Waals surface area contributed by atoms with Crippen molar-refractivity contribution in [2.45, 2.75) is 24.4 Å². The fourth-order valence-electron chi connectivity index (χ4n) is 2.10. The van der Waals surface area contributed by atoms with Gasteiger partial charge in [0.05, 0.1) is 6.42 Å². The van der Waals surface area contributed by atoms with Gasteiger partial charge in [0.2, 0.25) is 0 Å². The monoisotopic (exact) mass is 298 g/mol. The minimum atomic E-state index is -2.28. The highest BCUT2D eigenvalue weighted by molar-refractivity contribution is 6.23. The number of imide groups is 2. The molecule has 11 nitrogen and oxygen atoms in total. The Morgan fingerprint density at radius 3 is 2.19 bits per heavy atom. The second-order valence-electron chi connectivity index (χ2n) is 4.53. The van der Waals surface area contributed by atoms with Gasteiger partial charge in [-0.3, -0.25) is 29.8 Å². The average molecular weight is 298 g/mol. The van der Waals surface area contributed by atoms with E-state index in [-0.39, 0.29) is 0 Å². The van der Waals surface area contributed by atoms with Crippen molar-refractivity contribution in [1.29, 1.82) is 0 Å². The molecule has 0 aromatic carbocycles. The van der Waals surface area contributed by atoms with Crippen LogP contribution in [0.2, 0.25) is 0 Å². The summed E-state index contributed by atoms with van der Waals surface area (Å²) in [4.78, 5) is 68.2.